The average Bonchev–Trinajstić information content (AvgIpc) is 2.05. The van der Waals surface area contributed by atoms with Crippen LogP contribution >= 0.6 is 15.9 Å². The summed E-state index contributed by atoms with van der Waals surface area (Å²) in [4.78, 5) is 0. The molecule has 0 saturated carbocycles. The lowest BCUT2D eigenvalue weighted by Crippen LogP contribution is -1.76. The van der Waals surface area contributed by atoms with Crippen LogP contribution < -0.4 is 0 Å². The number of hydrogen-bond donors (Lipinski definition) is 0. The lowest BCUT2D eigenvalue weighted by molar-refractivity contribution is 1.52. The average molecular weight is 211 g/mol. The van der Waals surface area contributed by atoms with Gasteiger partial charge in [0.05, 0.1) is 0 Å². The predicted molar refractivity (Wildman–Crippen MR) is 53.5 cm³/mol. The fourth-order valence-corrected chi connectivity index (χ4v) is 1.14. The highest BCUT2D eigenvalue weighted by Crippen LogP contribution is 2.16. The monoisotopic (exact) mass is 210 g/mol. The topological polar surface area (TPSA) is 0 Å². The van der Waals surface area contributed by atoms with Gasteiger partial charge < -0.3 is 0 Å². The molecule has 1 heteroatoms. The zero-order chi connectivity index (χ0) is 8.27. The van der Waals surface area contributed by atoms with Gasteiger partial charge in [0.2, 0.25) is 0 Å². The van der Waals surface area contributed by atoms with Crippen molar-refractivity contribution in [1.29, 1.82) is 0 Å². The molecule has 0 heterocycles. The number of benzene rings is 1. The van der Waals surface area contributed by atoms with Crippen molar-refractivity contribution < 1.29 is 0 Å². The zero-order valence-electron chi connectivity index (χ0n) is 6.76. The van der Waals surface area contributed by atoms with E-state index in [1.54, 1.807) is 0 Å². The van der Waals surface area contributed by atoms with E-state index in [-0.39, 0.29) is 0 Å². The lowest BCUT2D eigenvalue weighted by Gasteiger charge is -1.99. The van der Waals surface area contributed by atoms with Gasteiger partial charge in [-0.3, -0.25) is 0 Å². The summed E-state index contributed by atoms with van der Waals surface area (Å²) in [6.45, 7) is 4.17. The summed E-state index contributed by atoms with van der Waals surface area (Å²) in [7, 11) is 0. The van der Waals surface area contributed by atoms with Crippen molar-refractivity contribution in [3.8, 4) is 0 Å². The van der Waals surface area contributed by atoms with Crippen molar-refractivity contribution in [3.63, 3.8) is 0 Å². The van der Waals surface area contributed by atoms with Crippen molar-refractivity contribution in [2.45, 2.75) is 13.8 Å². The molecular formula is C10H11Br. The van der Waals surface area contributed by atoms with Gasteiger partial charge >= 0.3 is 0 Å². The van der Waals surface area contributed by atoms with Crippen molar-refractivity contribution in [1.82, 2.24) is 0 Å². The Kier molecular flexibility index (Phi) is 2.89. The summed E-state index contributed by atoms with van der Waals surface area (Å²) >= 11 is 3.40. The molecule has 0 nitrogen and oxygen atoms in total. The number of hydrogen-bond acceptors (Lipinski definition) is 0. The van der Waals surface area contributed by atoms with Gasteiger partial charge in [0, 0.05) is 4.47 Å². The summed E-state index contributed by atoms with van der Waals surface area (Å²) < 4.78 is 1.13. The number of rotatable bonds is 1. The zero-order valence-corrected chi connectivity index (χ0v) is 8.35. The van der Waals surface area contributed by atoms with E-state index in [1.807, 2.05) is 0 Å². The van der Waals surface area contributed by atoms with Crippen LogP contribution in [-0.4, -0.2) is 0 Å². The lowest BCUT2D eigenvalue weighted by atomic mass is 10.1. The van der Waals surface area contributed by atoms with Gasteiger partial charge in [0.15, 0.2) is 0 Å². The molecule has 1 aromatic rings. The van der Waals surface area contributed by atoms with Gasteiger partial charge in [0.1, 0.15) is 0 Å². The first-order valence-electron chi connectivity index (χ1n) is 3.63. The van der Waals surface area contributed by atoms with E-state index in [4.69, 9.17) is 0 Å². The minimum atomic E-state index is 1.13. The molecule has 1 rings (SSSR count). The van der Waals surface area contributed by atoms with Gasteiger partial charge in [-0.25, -0.2) is 0 Å². The van der Waals surface area contributed by atoms with E-state index >= 15 is 0 Å². The van der Waals surface area contributed by atoms with Crippen molar-refractivity contribution >= 4 is 21.5 Å². The van der Waals surface area contributed by atoms with Crippen molar-refractivity contribution in [2.75, 3.05) is 0 Å². The Labute approximate surface area is 76.1 Å². The van der Waals surface area contributed by atoms with Crippen molar-refractivity contribution in [2.24, 2.45) is 0 Å². The van der Waals surface area contributed by atoms with Gasteiger partial charge in [-0.1, -0.05) is 34.1 Å². The molecule has 0 atom stereocenters. The van der Waals surface area contributed by atoms with Crippen LogP contribution in [0.4, 0.5) is 0 Å². The highest BCUT2D eigenvalue weighted by molar-refractivity contribution is 9.10. The summed E-state index contributed by atoms with van der Waals surface area (Å²) in [6, 6.07) is 8.34. The summed E-state index contributed by atoms with van der Waals surface area (Å²) in [5.74, 6) is 0. The van der Waals surface area contributed by atoms with Gasteiger partial charge in [-0.2, -0.15) is 0 Å². The minimum absolute atomic E-state index is 1.13. The molecular weight excluding hydrogens is 200 g/mol. The van der Waals surface area contributed by atoms with Gasteiger partial charge in [0.25, 0.3) is 0 Å². The molecule has 58 valence electrons. The van der Waals surface area contributed by atoms with E-state index in [0.29, 0.717) is 0 Å². The number of allylic oxidation sites excluding steroid dienone is 2. The first-order chi connectivity index (χ1) is 5.24. The van der Waals surface area contributed by atoms with E-state index < -0.39 is 0 Å². The maximum absolute atomic E-state index is 3.40. The van der Waals surface area contributed by atoms with Crippen LogP contribution in [0.2, 0.25) is 0 Å². The van der Waals surface area contributed by atoms with Gasteiger partial charge in [-0.05, 0) is 37.1 Å². The Bertz CT molecular complexity index is 257. The van der Waals surface area contributed by atoms with E-state index in [1.165, 1.54) is 11.1 Å². The quantitative estimate of drug-likeness (QED) is 0.661. The molecule has 0 aliphatic carbocycles. The second-order valence-corrected chi connectivity index (χ2v) is 3.39. The second-order valence-electron chi connectivity index (χ2n) is 2.48. The summed E-state index contributed by atoms with van der Waals surface area (Å²) in [6.07, 6.45) is 2.11. The van der Waals surface area contributed by atoms with E-state index in [2.05, 4.69) is 60.1 Å². The van der Waals surface area contributed by atoms with Crippen LogP contribution in [-0.2, 0) is 0 Å². The van der Waals surface area contributed by atoms with Crippen LogP contribution in [0.25, 0.3) is 5.57 Å². The maximum atomic E-state index is 3.40. The fraction of sp³-hybridized carbons (Fsp3) is 0.200. The minimum Gasteiger partial charge on any atom is -0.0841 e. The Morgan fingerprint density at radius 2 is 1.82 bits per heavy atom. The highest BCUT2D eigenvalue weighted by atomic mass is 79.9. The third-order valence-corrected chi connectivity index (χ3v) is 2.26. The smallest absolute Gasteiger partial charge is 0.0175 e. The third-order valence-electron chi connectivity index (χ3n) is 1.73. The maximum Gasteiger partial charge on any atom is 0.0175 e. The molecule has 0 aliphatic heterocycles. The molecule has 0 spiro atoms. The largest absolute Gasteiger partial charge is 0.0841 e. The molecule has 0 radical (unpaired) electrons. The van der Waals surface area contributed by atoms with Crippen LogP contribution in [0, 0.1) is 0 Å². The normalized spacial score (nSPS) is 11.7. The third kappa shape index (κ3) is 2.19. The summed E-state index contributed by atoms with van der Waals surface area (Å²) in [5.41, 5.74) is 2.60. The van der Waals surface area contributed by atoms with E-state index in [9.17, 15) is 0 Å². The molecule has 1 aromatic carbocycles. The fourth-order valence-electron chi connectivity index (χ4n) is 0.879. The molecule has 0 fully saturated rings. The molecule has 0 aliphatic rings. The Balaban J connectivity index is 2.99. The first kappa shape index (κ1) is 8.54. The Morgan fingerprint density at radius 3 is 2.27 bits per heavy atom. The van der Waals surface area contributed by atoms with Crippen LogP contribution in [0.5, 0.6) is 0 Å². The predicted octanol–water partition coefficient (Wildman–Crippen LogP) is 3.87. The molecule has 0 aromatic heterocycles. The molecule has 0 bridgehead atoms. The van der Waals surface area contributed by atoms with Crippen molar-refractivity contribution in [3.05, 3.63) is 40.4 Å². The van der Waals surface area contributed by atoms with Crippen LogP contribution in [0.3, 0.4) is 0 Å². The molecule has 0 saturated heterocycles. The molecule has 11 heavy (non-hydrogen) atoms. The van der Waals surface area contributed by atoms with Crippen LogP contribution in [0.1, 0.15) is 19.4 Å². The Morgan fingerprint density at radius 1 is 1.27 bits per heavy atom. The molecule has 0 unspecified atom stereocenters. The number of halogens is 1. The standard InChI is InChI=1S/C10H11Br/c1-3-8(2)9-4-6-10(11)7-5-9/h3-7H,1-2H3. The van der Waals surface area contributed by atoms with Crippen LogP contribution in [0.15, 0.2) is 34.8 Å². The van der Waals surface area contributed by atoms with E-state index in [0.717, 1.165) is 4.47 Å². The summed E-state index contributed by atoms with van der Waals surface area (Å²) in [5, 5.41) is 0. The SMILES string of the molecule is CC=C(C)c1ccc(Br)cc1. The van der Waals surface area contributed by atoms with Gasteiger partial charge in [-0.15, -0.1) is 0 Å². The molecule has 0 amide bonds. The first-order valence-corrected chi connectivity index (χ1v) is 4.42. The second kappa shape index (κ2) is 3.72. The Hall–Kier alpha value is -0.560. The highest BCUT2D eigenvalue weighted by Gasteiger charge is 1.92. The molecule has 0 N–H and O–H groups in total.